The summed E-state index contributed by atoms with van der Waals surface area (Å²) in [5.41, 5.74) is -0.548. The van der Waals surface area contributed by atoms with Crippen LogP contribution < -0.4 is 5.32 Å². The Morgan fingerprint density at radius 3 is 2.62 bits per heavy atom. The van der Waals surface area contributed by atoms with Gasteiger partial charge in [0.05, 0.1) is 13.2 Å². The number of carbonyl (C=O) groups excluding carboxylic acids is 1. The van der Waals surface area contributed by atoms with Gasteiger partial charge in [-0.3, -0.25) is 4.79 Å². The zero-order chi connectivity index (χ0) is 9.90. The third kappa shape index (κ3) is 2.29. The van der Waals surface area contributed by atoms with Crippen molar-refractivity contribution < 1.29 is 15.0 Å². The second-order valence-corrected chi connectivity index (χ2v) is 3.55. The molecule has 0 heterocycles. The van der Waals surface area contributed by atoms with E-state index in [1.165, 1.54) is 6.92 Å². The van der Waals surface area contributed by atoms with Gasteiger partial charge in [0.1, 0.15) is 0 Å². The van der Waals surface area contributed by atoms with Crippen LogP contribution in [0.25, 0.3) is 0 Å². The molecule has 0 aromatic rings. The van der Waals surface area contributed by atoms with Gasteiger partial charge in [-0.05, 0) is 6.42 Å². The number of rotatable bonds is 3. The summed E-state index contributed by atoms with van der Waals surface area (Å²) >= 11 is 0. The summed E-state index contributed by atoms with van der Waals surface area (Å²) in [4.78, 5) is 10.7. The molecule has 0 fully saturated rings. The van der Waals surface area contributed by atoms with Gasteiger partial charge in [0, 0.05) is 18.4 Å². The molecule has 74 valence electrons. The normalized spacial score (nSPS) is 24.7. The summed E-state index contributed by atoms with van der Waals surface area (Å²) < 4.78 is 0. The number of amides is 1. The van der Waals surface area contributed by atoms with Crippen molar-refractivity contribution in [2.45, 2.75) is 19.4 Å². The standard InChI is InChI=1S/C9H15NO3/c1-7(13)10-8-2-3-9(4-8,5-11)6-12/h2-3,8,11-12H,4-6H2,1H3,(H,10,13). The third-order valence-electron chi connectivity index (χ3n) is 2.33. The molecule has 1 aliphatic carbocycles. The fraction of sp³-hybridized carbons (Fsp3) is 0.667. The molecule has 1 rings (SSSR count). The lowest BCUT2D eigenvalue weighted by Gasteiger charge is -2.23. The van der Waals surface area contributed by atoms with E-state index in [-0.39, 0.29) is 25.2 Å². The van der Waals surface area contributed by atoms with E-state index in [0.717, 1.165) is 0 Å². The molecule has 0 saturated heterocycles. The van der Waals surface area contributed by atoms with E-state index in [9.17, 15) is 4.79 Å². The summed E-state index contributed by atoms with van der Waals surface area (Å²) in [6, 6.07) is -0.0585. The Kier molecular flexibility index (Phi) is 3.06. The first-order valence-electron chi connectivity index (χ1n) is 4.30. The van der Waals surface area contributed by atoms with Crippen molar-refractivity contribution in [1.82, 2.24) is 5.32 Å². The molecule has 1 aliphatic rings. The van der Waals surface area contributed by atoms with Crippen LogP contribution in [0.2, 0.25) is 0 Å². The van der Waals surface area contributed by atoms with Crippen LogP contribution in [-0.2, 0) is 4.79 Å². The average molecular weight is 185 g/mol. The molecule has 0 aliphatic heterocycles. The van der Waals surface area contributed by atoms with E-state index >= 15 is 0 Å². The molecule has 0 saturated carbocycles. The molecule has 0 aromatic heterocycles. The largest absolute Gasteiger partial charge is 0.395 e. The fourth-order valence-electron chi connectivity index (χ4n) is 1.54. The van der Waals surface area contributed by atoms with Crippen LogP contribution in [0.1, 0.15) is 13.3 Å². The topological polar surface area (TPSA) is 69.6 Å². The number of aliphatic hydroxyl groups is 2. The molecule has 1 unspecified atom stereocenters. The van der Waals surface area contributed by atoms with E-state index in [2.05, 4.69) is 5.32 Å². The molecular weight excluding hydrogens is 170 g/mol. The molecule has 0 radical (unpaired) electrons. The van der Waals surface area contributed by atoms with Gasteiger partial charge in [0.2, 0.25) is 5.91 Å². The van der Waals surface area contributed by atoms with E-state index in [4.69, 9.17) is 10.2 Å². The lowest BCUT2D eigenvalue weighted by atomic mass is 9.89. The Hall–Kier alpha value is -0.870. The Labute approximate surface area is 77.3 Å². The van der Waals surface area contributed by atoms with Crippen molar-refractivity contribution in [3.8, 4) is 0 Å². The van der Waals surface area contributed by atoms with E-state index < -0.39 is 5.41 Å². The highest BCUT2D eigenvalue weighted by atomic mass is 16.3. The molecule has 3 N–H and O–H groups in total. The van der Waals surface area contributed by atoms with Gasteiger partial charge < -0.3 is 15.5 Å². The third-order valence-corrected chi connectivity index (χ3v) is 2.33. The minimum absolute atomic E-state index is 0.0585. The van der Waals surface area contributed by atoms with Crippen LogP contribution in [0.3, 0.4) is 0 Å². The lowest BCUT2D eigenvalue weighted by Crippen LogP contribution is -2.35. The van der Waals surface area contributed by atoms with Crippen molar-refractivity contribution in [3.05, 3.63) is 12.2 Å². The Morgan fingerprint density at radius 1 is 1.62 bits per heavy atom. The summed E-state index contributed by atoms with van der Waals surface area (Å²) in [7, 11) is 0. The lowest BCUT2D eigenvalue weighted by molar-refractivity contribution is -0.119. The molecule has 0 spiro atoms. The first kappa shape index (κ1) is 10.2. The highest BCUT2D eigenvalue weighted by Gasteiger charge is 2.33. The maximum absolute atomic E-state index is 10.7. The van der Waals surface area contributed by atoms with Gasteiger partial charge in [-0.2, -0.15) is 0 Å². The monoisotopic (exact) mass is 185 g/mol. The van der Waals surface area contributed by atoms with Gasteiger partial charge in [0.25, 0.3) is 0 Å². The van der Waals surface area contributed by atoms with Crippen LogP contribution in [0.4, 0.5) is 0 Å². The first-order chi connectivity index (χ1) is 6.12. The van der Waals surface area contributed by atoms with Gasteiger partial charge in [0.15, 0.2) is 0 Å². The van der Waals surface area contributed by atoms with Crippen molar-refractivity contribution in [2.75, 3.05) is 13.2 Å². The number of carbonyl (C=O) groups is 1. The molecular formula is C9H15NO3. The predicted octanol–water partition coefficient (Wildman–Crippen LogP) is -0.578. The minimum Gasteiger partial charge on any atom is -0.395 e. The molecule has 0 aromatic carbocycles. The van der Waals surface area contributed by atoms with Gasteiger partial charge in [-0.25, -0.2) is 0 Å². The first-order valence-corrected chi connectivity index (χ1v) is 4.30. The Bertz CT molecular complexity index is 221. The predicted molar refractivity (Wildman–Crippen MR) is 48.0 cm³/mol. The van der Waals surface area contributed by atoms with E-state index in [0.29, 0.717) is 6.42 Å². The zero-order valence-corrected chi connectivity index (χ0v) is 7.66. The van der Waals surface area contributed by atoms with Crippen LogP contribution in [0.5, 0.6) is 0 Å². The molecule has 4 nitrogen and oxygen atoms in total. The molecule has 13 heavy (non-hydrogen) atoms. The quantitative estimate of drug-likeness (QED) is 0.515. The highest BCUT2D eigenvalue weighted by molar-refractivity contribution is 5.73. The Balaban J connectivity index is 2.53. The number of aliphatic hydroxyl groups excluding tert-OH is 2. The zero-order valence-electron chi connectivity index (χ0n) is 7.66. The average Bonchev–Trinajstić information content (AvgIpc) is 2.48. The van der Waals surface area contributed by atoms with Gasteiger partial charge >= 0.3 is 0 Å². The van der Waals surface area contributed by atoms with Crippen LogP contribution in [0.15, 0.2) is 12.2 Å². The smallest absolute Gasteiger partial charge is 0.217 e. The van der Waals surface area contributed by atoms with Crippen LogP contribution in [0, 0.1) is 5.41 Å². The van der Waals surface area contributed by atoms with E-state index in [1.54, 1.807) is 6.08 Å². The van der Waals surface area contributed by atoms with Crippen molar-refractivity contribution in [1.29, 1.82) is 0 Å². The van der Waals surface area contributed by atoms with Crippen LogP contribution in [-0.4, -0.2) is 35.4 Å². The van der Waals surface area contributed by atoms with Crippen molar-refractivity contribution in [2.24, 2.45) is 5.41 Å². The molecule has 0 bridgehead atoms. The van der Waals surface area contributed by atoms with Crippen molar-refractivity contribution in [3.63, 3.8) is 0 Å². The van der Waals surface area contributed by atoms with Gasteiger partial charge in [-0.15, -0.1) is 0 Å². The number of hydrogen-bond acceptors (Lipinski definition) is 3. The SMILES string of the molecule is CC(=O)NC1C=CC(CO)(CO)C1. The van der Waals surface area contributed by atoms with E-state index in [1.807, 2.05) is 6.08 Å². The number of nitrogens with one attached hydrogen (secondary N) is 1. The number of hydrogen-bond donors (Lipinski definition) is 3. The molecule has 1 amide bonds. The fourth-order valence-corrected chi connectivity index (χ4v) is 1.54. The summed E-state index contributed by atoms with van der Waals surface area (Å²) in [6.45, 7) is 1.28. The van der Waals surface area contributed by atoms with Crippen molar-refractivity contribution >= 4 is 5.91 Å². The van der Waals surface area contributed by atoms with Crippen LogP contribution >= 0.6 is 0 Å². The second kappa shape index (κ2) is 3.89. The molecule has 1 atom stereocenters. The van der Waals surface area contributed by atoms with Gasteiger partial charge in [-0.1, -0.05) is 12.2 Å². The highest BCUT2D eigenvalue weighted by Crippen LogP contribution is 2.30. The maximum atomic E-state index is 10.7. The maximum Gasteiger partial charge on any atom is 0.217 e. The Morgan fingerprint density at radius 2 is 2.23 bits per heavy atom. The summed E-state index contributed by atoms with van der Waals surface area (Å²) in [6.07, 6.45) is 4.15. The minimum atomic E-state index is -0.548. The summed E-state index contributed by atoms with van der Waals surface area (Å²) in [5, 5.41) is 20.8. The molecule has 4 heteroatoms. The summed E-state index contributed by atoms with van der Waals surface area (Å²) in [5.74, 6) is -0.0960. The second-order valence-electron chi connectivity index (χ2n) is 3.55.